The second kappa shape index (κ2) is 9.97. The van der Waals surface area contributed by atoms with Crippen LogP contribution in [0.2, 0.25) is 0 Å². The quantitative estimate of drug-likeness (QED) is 0.238. The lowest BCUT2D eigenvalue weighted by atomic mass is 9.83. The highest BCUT2D eigenvalue weighted by Crippen LogP contribution is 2.48. The van der Waals surface area contributed by atoms with Crippen molar-refractivity contribution >= 4 is 39.6 Å². The Morgan fingerprint density at radius 1 is 0.690 bits per heavy atom. The molecule has 0 aromatic heterocycles. The van der Waals surface area contributed by atoms with Crippen LogP contribution in [0.3, 0.4) is 0 Å². The van der Waals surface area contributed by atoms with Crippen molar-refractivity contribution in [2.75, 3.05) is 48.4 Å². The third-order valence-electron chi connectivity index (χ3n) is 8.97. The second-order valence-corrected chi connectivity index (χ2v) is 11.3. The highest BCUT2D eigenvalue weighted by Gasteiger charge is 2.38. The number of hydrogen-bond acceptors (Lipinski definition) is 5. The number of nitrogens with two attached hydrogens (primary N) is 1. The van der Waals surface area contributed by atoms with E-state index >= 15 is 0 Å². The average Bonchev–Trinajstić information content (AvgIpc) is 3.49. The lowest BCUT2D eigenvalue weighted by Crippen LogP contribution is -2.36. The van der Waals surface area contributed by atoms with E-state index in [4.69, 9.17) is 15.2 Å². The van der Waals surface area contributed by atoms with E-state index in [1.54, 1.807) is 0 Å². The molecule has 0 aliphatic carbocycles. The monoisotopic (exact) mass is 551 g/mol. The largest absolute Gasteiger partial charge is 0.473 e. The predicted molar refractivity (Wildman–Crippen MR) is 172 cm³/mol. The zero-order chi connectivity index (χ0) is 28.1. The van der Waals surface area contributed by atoms with Crippen LogP contribution in [0.4, 0.5) is 22.7 Å². The van der Waals surface area contributed by atoms with E-state index in [0.29, 0.717) is 0 Å². The lowest BCUT2D eigenvalue weighted by Gasteiger charge is -2.37. The molecule has 3 heterocycles. The molecule has 0 saturated carbocycles. The average molecular weight is 552 g/mol. The normalized spacial score (nSPS) is 19.4. The summed E-state index contributed by atoms with van der Waals surface area (Å²) in [6, 6.07) is 36.6. The highest BCUT2D eigenvalue weighted by molar-refractivity contribution is 6.03. The SMILES string of the molecule is Nc1ccc(C2(c3ccc(N4CCOCC4)cc3)C=Cc3c(cc(N4CCc5ccccc54)c4ccccc34)O2)cc1. The summed E-state index contributed by atoms with van der Waals surface area (Å²) in [4.78, 5) is 4.82. The molecule has 2 N–H and O–H groups in total. The molecule has 8 rings (SSSR count). The summed E-state index contributed by atoms with van der Waals surface area (Å²) < 4.78 is 12.8. The van der Waals surface area contributed by atoms with Gasteiger partial charge in [0.25, 0.3) is 0 Å². The van der Waals surface area contributed by atoms with E-state index < -0.39 is 5.60 Å². The first-order chi connectivity index (χ1) is 20.7. The maximum Gasteiger partial charge on any atom is 0.178 e. The molecule has 0 radical (unpaired) electrons. The molecule has 1 unspecified atom stereocenters. The van der Waals surface area contributed by atoms with Crippen molar-refractivity contribution in [3.8, 4) is 5.75 Å². The van der Waals surface area contributed by atoms with Crippen molar-refractivity contribution in [1.82, 2.24) is 0 Å². The summed E-state index contributed by atoms with van der Waals surface area (Å²) in [6.07, 6.45) is 5.49. The van der Waals surface area contributed by atoms with Gasteiger partial charge in [-0.15, -0.1) is 0 Å². The molecule has 208 valence electrons. The van der Waals surface area contributed by atoms with Crippen LogP contribution in [0.5, 0.6) is 5.75 Å². The van der Waals surface area contributed by atoms with Gasteiger partial charge in [-0.25, -0.2) is 0 Å². The number of para-hydroxylation sites is 1. The van der Waals surface area contributed by atoms with Gasteiger partial charge >= 0.3 is 0 Å². The number of nitrogen functional groups attached to an aromatic ring is 1. The molecule has 5 nitrogen and oxygen atoms in total. The Balaban J connectivity index is 1.27. The Kier molecular flexibility index (Phi) is 5.93. The topological polar surface area (TPSA) is 51.0 Å². The predicted octanol–water partition coefficient (Wildman–Crippen LogP) is 7.30. The number of morpholine rings is 1. The summed E-state index contributed by atoms with van der Waals surface area (Å²) >= 11 is 0. The van der Waals surface area contributed by atoms with E-state index in [1.165, 1.54) is 33.4 Å². The summed E-state index contributed by atoms with van der Waals surface area (Å²) in [6.45, 7) is 4.28. The molecule has 0 bridgehead atoms. The fourth-order valence-corrected chi connectivity index (χ4v) is 6.78. The maximum atomic E-state index is 7.23. The van der Waals surface area contributed by atoms with Gasteiger partial charge in [0.1, 0.15) is 5.75 Å². The summed E-state index contributed by atoms with van der Waals surface area (Å²) in [5.74, 6) is 0.879. The number of hydrogen-bond donors (Lipinski definition) is 1. The first-order valence-electron chi connectivity index (χ1n) is 14.8. The zero-order valence-corrected chi connectivity index (χ0v) is 23.5. The molecule has 1 atom stereocenters. The van der Waals surface area contributed by atoms with E-state index in [9.17, 15) is 0 Å². The van der Waals surface area contributed by atoms with E-state index in [1.807, 2.05) is 12.1 Å². The molecule has 42 heavy (non-hydrogen) atoms. The smallest absolute Gasteiger partial charge is 0.178 e. The zero-order valence-electron chi connectivity index (χ0n) is 23.5. The molecule has 3 aliphatic rings. The fourth-order valence-electron chi connectivity index (χ4n) is 6.78. The maximum absolute atomic E-state index is 7.23. The van der Waals surface area contributed by atoms with Crippen molar-refractivity contribution < 1.29 is 9.47 Å². The van der Waals surface area contributed by atoms with Crippen LogP contribution in [-0.4, -0.2) is 32.8 Å². The van der Waals surface area contributed by atoms with Gasteiger partial charge in [0.2, 0.25) is 0 Å². The van der Waals surface area contributed by atoms with Gasteiger partial charge < -0.3 is 25.0 Å². The van der Waals surface area contributed by atoms with Gasteiger partial charge in [-0.05, 0) is 59.9 Å². The number of anilines is 4. The third kappa shape index (κ3) is 4.04. The minimum Gasteiger partial charge on any atom is -0.473 e. The number of fused-ring (bicyclic) bond motifs is 4. The lowest BCUT2D eigenvalue weighted by molar-refractivity contribution is 0.122. The molecule has 1 fully saturated rings. The fraction of sp³-hybridized carbons (Fsp3) is 0.189. The van der Waals surface area contributed by atoms with Gasteiger partial charge in [0.15, 0.2) is 5.60 Å². The van der Waals surface area contributed by atoms with Crippen LogP contribution in [-0.2, 0) is 16.8 Å². The van der Waals surface area contributed by atoms with Gasteiger partial charge in [0, 0.05) is 64.8 Å². The third-order valence-corrected chi connectivity index (χ3v) is 8.97. The molecule has 0 amide bonds. The molecule has 1 saturated heterocycles. The molecule has 5 aromatic rings. The Hall–Kier alpha value is -4.74. The Morgan fingerprint density at radius 2 is 1.38 bits per heavy atom. The second-order valence-electron chi connectivity index (χ2n) is 11.3. The van der Waals surface area contributed by atoms with Gasteiger partial charge in [-0.1, -0.05) is 66.7 Å². The molecule has 3 aliphatic heterocycles. The van der Waals surface area contributed by atoms with Crippen LogP contribution in [0.15, 0.2) is 109 Å². The number of rotatable bonds is 4. The van der Waals surface area contributed by atoms with Gasteiger partial charge in [0.05, 0.1) is 18.9 Å². The highest BCUT2D eigenvalue weighted by atomic mass is 16.5. The molecule has 5 heteroatoms. The van der Waals surface area contributed by atoms with Crippen LogP contribution in [0.1, 0.15) is 22.3 Å². The Bertz CT molecular complexity index is 1810. The Labute approximate surface area is 246 Å². The summed E-state index contributed by atoms with van der Waals surface area (Å²) in [5.41, 5.74) is 14.3. The standard InChI is InChI=1S/C37H33N3O2/c38-29-13-9-27(10-14-29)37(28-11-15-30(16-12-28)39-21-23-41-24-22-39)19-17-33-31-6-2-3-7-32(31)35(25-36(33)42-37)40-20-18-26-5-1-4-8-34(26)40/h1-17,19,25H,18,20-24,38H2. The molecular formula is C37H33N3O2. The van der Waals surface area contributed by atoms with Crippen LogP contribution >= 0.6 is 0 Å². The molecular weight excluding hydrogens is 518 g/mol. The number of nitrogens with zero attached hydrogens (tertiary/aromatic N) is 2. The first kappa shape index (κ1) is 25.0. The van der Waals surface area contributed by atoms with Crippen molar-refractivity contribution in [2.45, 2.75) is 12.0 Å². The van der Waals surface area contributed by atoms with Crippen LogP contribution in [0.25, 0.3) is 16.8 Å². The van der Waals surface area contributed by atoms with Crippen LogP contribution < -0.4 is 20.3 Å². The van der Waals surface area contributed by atoms with E-state index in [-0.39, 0.29) is 0 Å². The van der Waals surface area contributed by atoms with Crippen LogP contribution in [0, 0.1) is 0 Å². The molecule has 0 spiro atoms. The number of ether oxygens (including phenoxy) is 2. The van der Waals surface area contributed by atoms with Gasteiger partial charge in [-0.2, -0.15) is 0 Å². The molecule has 5 aromatic carbocycles. The van der Waals surface area contributed by atoms with Crippen molar-refractivity contribution in [3.05, 3.63) is 131 Å². The van der Waals surface area contributed by atoms with Crippen molar-refractivity contribution in [2.24, 2.45) is 0 Å². The van der Waals surface area contributed by atoms with Gasteiger partial charge in [-0.3, -0.25) is 0 Å². The van der Waals surface area contributed by atoms with E-state index in [2.05, 4.69) is 113 Å². The summed E-state index contributed by atoms with van der Waals surface area (Å²) in [7, 11) is 0. The summed E-state index contributed by atoms with van der Waals surface area (Å²) in [5, 5.41) is 2.43. The van der Waals surface area contributed by atoms with Crippen molar-refractivity contribution in [1.29, 1.82) is 0 Å². The van der Waals surface area contributed by atoms with Crippen molar-refractivity contribution in [3.63, 3.8) is 0 Å². The minimum absolute atomic E-state index is 0.734. The first-order valence-corrected chi connectivity index (χ1v) is 14.8. The minimum atomic E-state index is -0.799. The number of benzene rings is 5. The Morgan fingerprint density at radius 3 is 2.17 bits per heavy atom. The van der Waals surface area contributed by atoms with E-state index in [0.717, 1.165) is 67.4 Å².